The minimum absolute atomic E-state index is 0.170. The highest BCUT2D eigenvalue weighted by atomic mass is 16.1. The Morgan fingerprint density at radius 2 is 1.79 bits per heavy atom. The molecule has 0 bridgehead atoms. The van der Waals surface area contributed by atoms with Crippen LogP contribution < -0.4 is 0 Å². The zero-order valence-electron chi connectivity index (χ0n) is 10.6. The number of carbonyl (C=O) groups is 1. The number of Topliss-reactive ketones (excluding diaryl/α,β-unsaturated/α-hetero) is 1. The van der Waals surface area contributed by atoms with Crippen LogP contribution >= 0.6 is 0 Å². The Labute approximate surface area is 88.7 Å². The van der Waals surface area contributed by atoms with E-state index in [0.717, 1.165) is 13.0 Å². The summed E-state index contributed by atoms with van der Waals surface area (Å²) >= 11 is 0. The monoisotopic (exact) mass is 199 g/mol. The third-order valence-electron chi connectivity index (χ3n) is 2.63. The topological polar surface area (TPSA) is 20.3 Å². The smallest absolute Gasteiger partial charge is 0.138 e. The molecule has 0 radical (unpaired) electrons. The van der Waals surface area contributed by atoms with Gasteiger partial charge >= 0.3 is 0 Å². The lowest BCUT2D eigenvalue weighted by Gasteiger charge is -2.22. The van der Waals surface area contributed by atoms with E-state index in [4.69, 9.17) is 0 Å². The fourth-order valence-electron chi connectivity index (χ4n) is 1.12. The second-order valence-electron chi connectivity index (χ2n) is 5.35. The number of rotatable bonds is 5. The lowest BCUT2D eigenvalue weighted by molar-refractivity contribution is -0.126. The number of hydrogen-bond donors (Lipinski definition) is 0. The summed E-state index contributed by atoms with van der Waals surface area (Å²) in [7, 11) is 2.10. The summed E-state index contributed by atoms with van der Waals surface area (Å²) < 4.78 is 0. The van der Waals surface area contributed by atoms with Gasteiger partial charge in [-0.15, -0.1) is 0 Å². The lowest BCUT2D eigenvalue weighted by Crippen LogP contribution is -2.28. The maximum Gasteiger partial charge on any atom is 0.138 e. The molecule has 0 N–H and O–H groups in total. The minimum Gasteiger partial charge on any atom is -0.304 e. The van der Waals surface area contributed by atoms with E-state index >= 15 is 0 Å². The van der Waals surface area contributed by atoms with Crippen LogP contribution in [0, 0.1) is 5.41 Å². The van der Waals surface area contributed by atoms with Gasteiger partial charge in [0, 0.05) is 17.9 Å². The van der Waals surface area contributed by atoms with Crippen LogP contribution in [-0.4, -0.2) is 30.3 Å². The van der Waals surface area contributed by atoms with Crippen molar-refractivity contribution in [3.63, 3.8) is 0 Å². The van der Waals surface area contributed by atoms with Crippen molar-refractivity contribution in [1.29, 1.82) is 0 Å². The minimum atomic E-state index is -0.170. The van der Waals surface area contributed by atoms with Gasteiger partial charge in [-0.1, -0.05) is 20.8 Å². The molecule has 2 nitrogen and oxygen atoms in total. The molecule has 0 heterocycles. The van der Waals surface area contributed by atoms with Crippen molar-refractivity contribution >= 4 is 5.78 Å². The largest absolute Gasteiger partial charge is 0.304 e. The summed E-state index contributed by atoms with van der Waals surface area (Å²) in [5.41, 5.74) is -0.170. The molecule has 0 saturated heterocycles. The van der Waals surface area contributed by atoms with Gasteiger partial charge in [-0.05, 0) is 33.9 Å². The predicted octanol–water partition coefficient (Wildman–Crippen LogP) is 2.72. The molecule has 14 heavy (non-hydrogen) atoms. The van der Waals surface area contributed by atoms with Crippen LogP contribution in [-0.2, 0) is 4.79 Å². The Morgan fingerprint density at radius 1 is 1.29 bits per heavy atom. The van der Waals surface area contributed by atoms with Gasteiger partial charge < -0.3 is 4.90 Å². The summed E-state index contributed by atoms with van der Waals surface area (Å²) in [6.07, 6.45) is 1.69. The standard InChI is InChI=1S/C12H25NO/c1-10(2)13(6)9-7-8-11(14)12(3,4)5/h10H,7-9H2,1-6H3. The first-order valence-corrected chi connectivity index (χ1v) is 5.48. The molecule has 0 unspecified atom stereocenters. The third kappa shape index (κ3) is 5.38. The first kappa shape index (κ1) is 13.6. The Balaban J connectivity index is 3.71. The van der Waals surface area contributed by atoms with E-state index in [1.807, 2.05) is 20.8 Å². The number of carbonyl (C=O) groups excluding carboxylic acids is 1. The lowest BCUT2D eigenvalue weighted by atomic mass is 9.88. The summed E-state index contributed by atoms with van der Waals surface area (Å²) in [5.74, 6) is 0.370. The van der Waals surface area contributed by atoms with E-state index in [0.29, 0.717) is 18.2 Å². The molecule has 0 spiro atoms. The van der Waals surface area contributed by atoms with Crippen molar-refractivity contribution in [1.82, 2.24) is 4.90 Å². The maximum atomic E-state index is 11.6. The average Bonchev–Trinajstić information content (AvgIpc) is 2.01. The van der Waals surface area contributed by atoms with Crippen molar-refractivity contribution in [2.45, 2.75) is 53.5 Å². The van der Waals surface area contributed by atoms with Crippen LogP contribution in [0.25, 0.3) is 0 Å². The molecule has 0 aliphatic heterocycles. The van der Waals surface area contributed by atoms with E-state index in [-0.39, 0.29) is 5.41 Å². The Hall–Kier alpha value is -0.370. The Morgan fingerprint density at radius 3 is 2.14 bits per heavy atom. The molecule has 0 amide bonds. The molecule has 0 aliphatic carbocycles. The molecular weight excluding hydrogens is 174 g/mol. The number of hydrogen-bond acceptors (Lipinski definition) is 2. The summed E-state index contributed by atoms with van der Waals surface area (Å²) in [5, 5.41) is 0. The highest BCUT2D eigenvalue weighted by molar-refractivity contribution is 5.83. The van der Waals surface area contributed by atoms with Gasteiger partial charge in [-0.2, -0.15) is 0 Å². The fraction of sp³-hybridized carbons (Fsp3) is 0.917. The number of nitrogens with zero attached hydrogens (tertiary/aromatic N) is 1. The van der Waals surface area contributed by atoms with Crippen LogP contribution in [0.15, 0.2) is 0 Å². The van der Waals surface area contributed by atoms with Gasteiger partial charge in [0.15, 0.2) is 0 Å². The van der Waals surface area contributed by atoms with Gasteiger partial charge in [0.05, 0.1) is 0 Å². The van der Waals surface area contributed by atoms with Gasteiger partial charge in [0.2, 0.25) is 0 Å². The van der Waals surface area contributed by atoms with E-state index in [2.05, 4.69) is 25.8 Å². The quantitative estimate of drug-likeness (QED) is 0.678. The van der Waals surface area contributed by atoms with Crippen LogP contribution in [0.5, 0.6) is 0 Å². The molecule has 0 aliphatic rings. The summed E-state index contributed by atoms with van der Waals surface area (Å²) in [4.78, 5) is 13.9. The van der Waals surface area contributed by atoms with Crippen LogP contribution in [0.1, 0.15) is 47.5 Å². The Bertz CT molecular complexity index is 179. The molecule has 0 fully saturated rings. The molecule has 0 rings (SSSR count). The molecule has 0 aromatic heterocycles. The van der Waals surface area contributed by atoms with Gasteiger partial charge in [-0.3, -0.25) is 4.79 Å². The van der Waals surface area contributed by atoms with E-state index in [9.17, 15) is 4.79 Å². The molecule has 84 valence electrons. The second kappa shape index (κ2) is 5.50. The van der Waals surface area contributed by atoms with Crippen molar-refractivity contribution in [3.05, 3.63) is 0 Å². The van der Waals surface area contributed by atoms with Crippen LogP contribution in [0.2, 0.25) is 0 Å². The fourth-order valence-corrected chi connectivity index (χ4v) is 1.12. The first-order valence-electron chi connectivity index (χ1n) is 5.48. The van der Waals surface area contributed by atoms with E-state index in [1.165, 1.54) is 0 Å². The van der Waals surface area contributed by atoms with E-state index in [1.54, 1.807) is 0 Å². The molecule has 0 aromatic rings. The van der Waals surface area contributed by atoms with Crippen molar-refractivity contribution < 1.29 is 4.79 Å². The first-order chi connectivity index (χ1) is 6.25. The van der Waals surface area contributed by atoms with Crippen molar-refractivity contribution in [2.75, 3.05) is 13.6 Å². The predicted molar refractivity (Wildman–Crippen MR) is 61.5 cm³/mol. The molecular formula is C12H25NO. The van der Waals surface area contributed by atoms with Crippen LogP contribution in [0.3, 0.4) is 0 Å². The third-order valence-corrected chi connectivity index (χ3v) is 2.63. The van der Waals surface area contributed by atoms with Crippen molar-refractivity contribution in [3.8, 4) is 0 Å². The normalized spacial score (nSPS) is 12.6. The molecule has 0 atom stereocenters. The molecule has 0 saturated carbocycles. The highest BCUT2D eigenvalue weighted by Crippen LogP contribution is 2.17. The summed E-state index contributed by atoms with van der Waals surface area (Å²) in [6, 6.07) is 0.569. The van der Waals surface area contributed by atoms with Gasteiger partial charge in [0.25, 0.3) is 0 Å². The summed E-state index contributed by atoms with van der Waals surface area (Å²) in [6.45, 7) is 11.3. The SMILES string of the molecule is CC(C)N(C)CCCC(=O)C(C)(C)C. The van der Waals surface area contributed by atoms with Crippen molar-refractivity contribution in [2.24, 2.45) is 5.41 Å². The number of ketones is 1. The van der Waals surface area contributed by atoms with Crippen LogP contribution in [0.4, 0.5) is 0 Å². The van der Waals surface area contributed by atoms with E-state index < -0.39 is 0 Å². The average molecular weight is 199 g/mol. The molecule has 2 heteroatoms. The Kier molecular flexibility index (Phi) is 5.35. The maximum absolute atomic E-state index is 11.6. The second-order valence-corrected chi connectivity index (χ2v) is 5.35. The van der Waals surface area contributed by atoms with Gasteiger partial charge in [0.1, 0.15) is 5.78 Å². The zero-order chi connectivity index (χ0) is 11.4. The zero-order valence-corrected chi connectivity index (χ0v) is 10.6. The van der Waals surface area contributed by atoms with Gasteiger partial charge in [-0.25, -0.2) is 0 Å². The molecule has 0 aromatic carbocycles. The highest BCUT2D eigenvalue weighted by Gasteiger charge is 2.20.